The van der Waals surface area contributed by atoms with Gasteiger partial charge in [0.1, 0.15) is 5.82 Å². The Morgan fingerprint density at radius 2 is 2.14 bits per heavy atom. The Labute approximate surface area is 94.4 Å². The smallest absolute Gasteiger partial charge is 0.145 e. The molecule has 0 aliphatic heterocycles. The van der Waals surface area contributed by atoms with Crippen molar-refractivity contribution in [3.05, 3.63) is 33.8 Å². The number of hydrogen-bond acceptors (Lipinski definition) is 2. The van der Waals surface area contributed by atoms with Crippen LogP contribution in [0.3, 0.4) is 0 Å². The highest BCUT2D eigenvalue weighted by atomic mass is 79.9. The average Bonchev–Trinajstić information content (AvgIpc) is 2.57. The van der Waals surface area contributed by atoms with Gasteiger partial charge in [-0.25, -0.2) is 0 Å². The van der Waals surface area contributed by atoms with Crippen molar-refractivity contribution in [3.63, 3.8) is 0 Å². The summed E-state index contributed by atoms with van der Waals surface area (Å²) in [5.41, 5.74) is 7.32. The fraction of sp³-hybridized carbons (Fsp3) is 0. The molecule has 0 aliphatic carbocycles. The molecule has 0 unspecified atom stereocenters. The molecule has 5 heteroatoms. The van der Waals surface area contributed by atoms with Gasteiger partial charge in [0.25, 0.3) is 0 Å². The van der Waals surface area contributed by atoms with E-state index in [9.17, 15) is 0 Å². The zero-order chi connectivity index (χ0) is 10.1. The normalized spacial score (nSPS) is 10.4. The standard InChI is InChI=1S/C9H7BrClN3/c10-6-2-1-5(3-7(6)11)8-4-9(12)14-13-8/h1-4H,(H3,12,13,14). The fourth-order valence-electron chi connectivity index (χ4n) is 1.15. The van der Waals surface area contributed by atoms with Crippen molar-refractivity contribution in [2.75, 3.05) is 5.73 Å². The number of nitrogens with two attached hydrogens (primary N) is 1. The van der Waals surface area contributed by atoms with E-state index in [0.29, 0.717) is 10.8 Å². The SMILES string of the molecule is Nc1cc(-c2ccc(Br)c(Cl)c2)[nH]n1. The molecule has 1 heterocycles. The molecule has 0 saturated carbocycles. The number of aromatic nitrogens is 2. The molecule has 0 bridgehead atoms. The molecule has 0 amide bonds. The number of H-pyrrole nitrogens is 1. The summed E-state index contributed by atoms with van der Waals surface area (Å²) in [6.45, 7) is 0. The number of nitrogens with one attached hydrogen (secondary N) is 1. The number of rotatable bonds is 1. The third-order valence-electron chi connectivity index (χ3n) is 1.83. The van der Waals surface area contributed by atoms with Gasteiger partial charge in [-0.3, -0.25) is 5.10 Å². The summed E-state index contributed by atoms with van der Waals surface area (Å²) in [7, 11) is 0. The zero-order valence-electron chi connectivity index (χ0n) is 7.09. The van der Waals surface area contributed by atoms with Crippen LogP contribution < -0.4 is 5.73 Å². The Bertz CT molecular complexity index is 467. The lowest BCUT2D eigenvalue weighted by molar-refractivity contribution is 1.10. The first-order valence-corrected chi connectivity index (χ1v) is 5.10. The van der Waals surface area contributed by atoms with Gasteiger partial charge in [0.05, 0.1) is 10.7 Å². The van der Waals surface area contributed by atoms with Crippen molar-refractivity contribution in [1.82, 2.24) is 10.2 Å². The van der Waals surface area contributed by atoms with Gasteiger partial charge in [-0.2, -0.15) is 5.10 Å². The molecule has 0 radical (unpaired) electrons. The number of hydrogen-bond donors (Lipinski definition) is 2. The molecule has 72 valence electrons. The minimum absolute atomic E-state index is 0.471. The molecule has 2 rings (SSSR count). The van der Waals surface area contributed by atoms with E-state index < -0.39 is 0 Å². The summed E-state index contributed by atoms with van der Waals surface area (Å²) >= 11 is 9.28. The molecule has 3 nitrogen and oxygen atoms in total. The lowest BCUT2D eigenvalue weighted by Crippen LogP contribution is -1.81. The number of anilines is 1. The van der Waals surface area contributed by atoms with Gasteiger partial charge < -0.3 is 5.73 Å². The second-order valence-electron chi connectivity index (χ2n) is 2.84. The van der Waals surface area contributed by atoms with Crippen LogP contribution >= 0.6 is 27.5 Å². The van der Waals surface area contributed by atoms with E-state index in [4.69, 9.17) is 17.3 Å². The van der Waals surface area contributed by atoms with Crippen LogP contribution in [0.1, 0.15) is 0 Å². The van der Waals surface area contributed by atoms with Crippen LogP contribution in [0.15, 0.2) is 28.7 Å². The molecule has 1 aromatic heterocycles. The van der Waals surface area contributed by atoms with E-state index in [1.165, 1.54) is 0 Å². The summed E-state index contributed by atoms with van der Waals surface area (Å²) in [6.07, 6.45) is 0. The molecule has 0 spiro atoms. The van der Waals surface area contributed by atoms with Crippen LogP contribution in [-0.2, 0) is 0 Å². The fourth-order valence-corrected chi connectivity index (χ4v) is 1.58. The molecule has 0 fully saturated rings. The Kier molecular flexibility index (Phi) is 2.48. The Morgan fingerprint density at radius 1 is 1.36 bits per heavy atom. The minimum atomic E-state index is 0.471. The van der Waals surface area contributed by atoms with Crippen LogP contribution in [-0.4, -0.2) is 10.2 Å². The van der Waals surface area contributed by atoms with Crippen molar-refractivity contribution in [2.45, 2.75) is 0 Å². The Morgan fingerprint density at radius 3 is 2.71 bits per heavy atom. The number of nitrogen functional groups attached to an aromatic ring is 1. The first kappa shape index (κ1) is 9.55. The Hall–Kier alpha value is -1.00. The molecule has 1 aromatic carbocycles. The maximum absolute atomic E-state index is 5.96. The quantitative estimate of drug-likeness (QED) is 0.838. The van der Waals surface area contributed by atoms with Gasteiger partial charge >= 0.3 is 0 Å². The summed E-state index contributed by atoms with van der Waals surface area (Å²) < 4.78 is 0.871. The molecule has 0 atom stereocenters. The van der Waals surface area contributed by atoms with E-state index >= 15 is 0 Å². The number of aromatic amines is 1. The van der Waals surface area contributed by atoms with Crippen LogP contribution in [0.4, 0.5) is 5.82 Å². The summed E-state index contributed by atoms with van der Waals surface area (Å²) in [4.78, 5) is 0. The van der Waals surface area contributed by atoms with Crippen LogP contribution in [0.5, 0.6) is 0 Å². The highest BCUT2D eigenvalue weighted by molar-refractivity contribution is 9.10. The van der Waals surface area contributed by atoms with Crippen molar-refractivity contribution in [1.29, 1.82) is 0 Å². The summed E-state index contributed by atoms with van der Waals surface area (Å²) in [5.74, 6) is 0.471. The number of nitrogens with zero attached hydrogens (tertiary/aromatic N) is 1. The zero-order valence-corrected chi connectivity index (χ0v) is 9.43. The third kappa shape index (κ3) is 1.76. The molecule has 0 aliphatic rings. The van der Waals surface area contributed by atoms with E-state index in [2.05, 4.69) is 26.1 Å². The molecule has 14 heavy (non-hydrogen) atoms. The molecular formula is C9H7BrClN3. The van der Waals surface area contributed by atoms with Crippen LogP contribution in [0.25, 0.3) is 11.3 Å². The van der Waals surface area contributed by atoms with E-state index in [1.807, 2.05) is 18.2 Å². The van der Waals surface area contributed by atoms with Gasteiger partial charge in [0.2, 0.25) is 0 Å². The van der Waals surface area contributed by atoms with Crippen LogP contribution in [0, 0.1) is 0 Å². The van der Waals surface area contributed by atoms with E-state index in [0.717, 1.165) is 15.7 Å². The van der Waals surface area contributed by atoms with Gasteiger partial charge in [0, 0.05) is 16.1 Å². The average molecular weight is 273 g/mol. The van der Waals surface area contributed by atoms with Gasteiger partial charge in [-0.15, -0.1) is 0 Å². The van der Waals surface area contributed by atoms with Gasteiger partial charge in [-0.1, -0.05) is 17.7 Å². The summed E-state index contributed by atoms with van der Waals surface area (Å²) in [5, 5.41) is 7.33. The third-order valence-corrected chi connectivity index (χ3v) is 3.06. The van der Waals surface area contributed by atoms with Gasteiger partial charge in [-0.05, 0) is 28.1 Å². The van der Waals surface area contributed by atoms with Crippen molar-refractivity contribution < 1.29 is 0 Å². The molecular weight excluding hydrogens is 265 g/mol. The second kappa shape index (κ2) is 3.63. The van der Waals surface area contributed by atoms with Gasteiger partial charge in [0.15, 0.2) is 0 Å². The maximum Gasteiger partial charge on any atom is 0.145 e. The lowest BCUT2D eigenvalue weighted by atomic mass is 10.1. The maximum atomic E-state index is 5.96. The highest BCUT2D eigenvalue weighted by Crippen LogP contribution is 2.28. The monoisotopic (exact) mass is 271 g/mol. The predicted molar refractivity (Wildman–Crippen MR) is 61.1 cm³/mol. The topological polar surface area (TPSA) is 54.7 Å². The summed E-state index contributed by atoms with van der Waals surface area (Å²) in [6, 6.07) is 7.43. The molecule has 2 aromatic rings. The minimum Gasteiger partial charge on any atom is -0.382 e. The lowest BCUT2D eigenvalue weighted by Gasteiger charge is -1.99. The van der Waals surface area contributed by atoms with Crippen LogP contribution in [0.2, 0.25) is 5.02 Å². The Balaban J connectivity index is 2.47. The van der Waals surface area contributed by atoms with Crippen molar-refractivity contribution in [3.8, 4) is 11.3 Å². The number of benzene rings is 1. The molecule has 0 saturated heterocycles. The first-order chi connectivity index (χ1) is 6.66. The highest BCUT2D eigenvalue weighted by Gasteiger charge is 2.03. The second-order valence-corrected chi connectivity index (χ2v) is 4.10. The van der Waals surface area contributed by atoms with Crippen molar-refractivity contribution >= 4 is 33.3 Å². The largest absolute Gasteiger partial charge is 0.382 e. The first-order valence-electron chi connectivity index (χ1n) is 3.93. The molecule has 3 N–H and O–H groups in total. The van der Waals surface area contributed by atoms with E-state index in [1.54, 1.807) is 6.07 Å². The number of halogens is 2. The van der Waals surface area contributed by atoms with Crippen molar-refractivity contribution in [2.24, 2.45) is 0 Å². The van der Waals surface area contributed by atoms with E-state index in [-0.39, 0.29) is 0 Å². The predicted octanol–water partition coefficient (Wildman–Crippen LogP) is 3.07.